The molecule has 0 spiro atoms. The Labute approximate surface area is 252 Å². The maximum Gasteiger partial charge on any atom is 0.337 e. The van der Waals surface area contributed by atoms with Crippen LogP contribution in [0, 0.1) is 13.8 Å². The molecule has 1 fully saturated rings. The molecule has 3 aromatic carbocycles. The molecule has 12 heteroatoms. The molecule has 43 heavy (non-hydrogen) atoms. The minimum atomic E-state index is -0.950. The number of esters is 1. The molecule has 3 aromatic rings. The predicted octanol–water partition coefficient (Wildman–Crippen LogP) is 4.83. The molecule has 1 aliphatic heterocycles. The van der Waals surface area contributed by atoms with Gasteiger partial charge in [-0.3, -0.25) is 19.7 Å². The highest BCUT2D eigenvalue weighted by atomic mass is 35.5. The summed E-state index contributed by atoms with van der Waals surface area (Å²) in [7, 11) is 1.23. The number of imide groups is 2. The second-order valence-corrected chi connectivity index (χ2v) is 9.80. The molecule has 0 atom stereocenters. The number of nitrogens with one attached hydrogen (secondary N) is 2. The van der Waals surface area contributed by atoms with Crippen LogP contribution in [-0.4, -0.2) is 50.0 Å². The summed E-state index contributed by atoms with van der Waals surface area (Å²) in [5.41, 5.74) is 3.04. The summed E-state index contributed by atoms with van der Waals surface area (Å²) in [5, 5.41) is 4.96. The number of aryl methyl sites for hydroxylation is 2. The second kappa shape index (κ2) is 13.2. The number of benzene rings is 3. The molecule has 0 saturated carbocycles. The molecule has 0 unspecified atom stereocenters. The average molecular weight is 606 g/mol. The molecule has 0 aliphatic carbocycles. The van der Waals surface area contributed by atoms with E-state index in [2.05, 4.69) is 15.4 Å². The van der Waals surface area contributed by atoms with E-state index < -0.39 is 29.7 Å². The second-order valence-electron chi connectivity index (χ2n) is 9.40. The topological polar surface area (TPSA) is 140 Å². The summed E-state index contributed by atoms with van der Waals surface area (Å²) in [4.78, 5) is 63.6. The minimum Gasteiger partial charge on any atom is -0.490 e. The number of ether oxygens (including phenoxy) is 3. The number of hydrogen-bond acceptors (Lipinski definition) is 8. The Morgan fingerprint density at radius 2 is 1.70 bits per heavy atom. The van der Waals surface area contributed by atoms with E-state index in [4.69, 9.17) is 21.1 Å². The van der Waals surface area contributed by atoms with Gasteiger partial charge in [-0.2, -0.15) is 0 Å². The van der Waals surface area contributed by atoms with Crippen LogP contribution in [0.15, 0.2) is 60.2 Å². The number of urea groups is 1. The number of anilines is 2. The maximum atomic E-state index is 13.3. The lowest BCUT2D eigenvalue weighted by Crippen LogP contribution is -2.54. The van der Waals surface area contributed by atoms with E-state index in [1.54, 1.807) is 13.0 Å². The van der Waals surface area contributed by atoms with Crippen molar-refractivity contribution < 1.29 is 38.2 Å². The molecule has 5 amide bonds. The first-order valence-corrected chi connectivity index (χ1v) is 13.5. The monoisotopic (exact) mass is 605 g/mol. The number of carbonyl (C=O) groups is 5. The zero-order chi connectivity index (χ0) is 31.3. The van der Waals surface area contributed by atoms with Crippen molar-refractivity contribution in [1.82, 2.24) is 5.32 Å². The zero-order valence-electron chi connectivity index (χ0n) is 23.8. The SMILES string of the molecule is CCOc1cc(/C=C2/C(=O)NC(=O)N(c3ccc(C(=O)OC)cc3)C2=O)cc(Cl)c1OCC(=O)Nc1ccc(C)c(C)c1. The summed E-state index contributed by atoms with van der Waals surface area (Å²) in [6, 6.07) is 13.0. The third-order valence-corrected chi connectivity index (χ3v) is 6.71. The van der Waals surface area contributed by atoms with Gasteiger partial charge in [-0.1, -0.05) is 17.7 Å². The van der Waals surface area contributed by atoms with Crippen LogP contribution in [0.25, 0.3) is 6.08 Å². The van der Waals surface area contributed by atoms with E-state index in [-0.39, 0.29) is 46.6 Å². The number of rotatable bonds is 9. The molecule has 4 rings (SSSR count). The zero-order valence-corrected chi connectivity index (χ0v) is 24.5. The van der Waals surface area contributed by atoms with Gasteiger partial charge in [0.1, 0.15) is 5.57 Å². The van der Waals surface area contributed by atoms with Crippen molar-refractivity contribution in [2.45, 2.75) is 20.8 Å². The lowest BCUT2D eigenvalue weighted by molar-refractivity contribution is -0.122. The molecule has 1 saturated heterocycles. The smallest absolute Gasteiger partial charge is 0.337 e. The van der Waals surface area contributed by atoms with Crippen LogP contribution in [0.5, 0.6) is 11.5 Å². The van der Waals surface area contributed by atoms with Crippen molar-refractivity contribution in [1.29, 1.82) is 0 Å². The van der Waals surface area contributed by atoms with Gasteiger partial charge in [0.15, 0.2) is 18.1 Å². The van der Waals surface area contributed by atoms with Crippen LogP contribution in [0.2, 0.25) is 5.02 Å². The number of halogens is 1. The quantitative estimate of drug-likeness (QED) is 0.201. The summed E-state index contributed by atoms with van der Waals surface area (Å²) >= 11 is 6.49. The fourth-order valence-corrected chi connectivity index (χ4v) is 4.42. The molecule has 1 aliphatic rings. The van der Waals surface area contributed by atoms with Crippen molar-refractivity contribution in [2.24, 2.45) is 0 Å². The number of nitrogens with zero attached hydrogens (tertiary/aromatic N) is 1. The van der Waals surface area contributed by atoms with Crippen LogP contribution in [-0.2, 0) is 19.1 Å². The van der Waals surface area contributed by atoms with E-state index in [1.165, 1.54) is 49.6 Å². The van der Waals surface area contributed by atoms with Crippen molar-refractivity contribution in [3.63, 3.8) is 0 Å². The van der Waals surface area contributed by atoms with Gasteiger partial charge < -0.3 is 19.5 Å². The standard InChI is InChI=1S/C31H28ClN3O8/c1-5-42-25-15-19(14-24(32)27(25)43-16-26(36)33-21-9-6-17(2)18(3)12-21)13-23-28(37)34-31(40)35(29(23)38)22-10-7-20(8-11-22)30(39)41-4/h6-15H,5,16H2,1-4H3,(H,33,36)(H,34,37,40)/b23-13-. The van der Waals surface area contributed by atoms with Crippen molar-refractivity contribution >= 4 is 58.8 Å². The van der Waals surface area contributed by atoms with Crippen LogP contribution in [0.4, 0.5) is 16.2 Å². The lowest BCUT2D eigenvalue weighted by atomic mass is 10.1. The van der Waals surface area contributed by atoms with E-state index >= 15 is 0 Å². The maximum absolute atomic E-state index is 13.3. The third-order valence-electron chi connectivity index (χ3n) is 6.43. The number of hydrogen-bond donors (Lipinski definition) is 2. The van der Waals surface area contributed by atoms with Gasteiger partial charge in [0.2, 0.25) is 0 Å². The van der Waals surface area contributed by atoms with Crippen LogP contribution in [0.3, 0.4) is 0 Å². The van der Waals surface area contributed by atoms with Gasteiger partial charge in [0, 0.05) is 5.69 Å². The number of barbiturate groups is 1. The average Bonchev–Trinajstić information content (AvgIpc) is 2.96. The summed E-state index contributed by atoms with van der Waals surface area (Å²) in [5.74, 6) is -2.53. The van der Waals surface area contributed by atoms with E-state index in [1.807, 2.05) is 26.0 Å². The predicted molar refractivity (Wildman–Crippen MR) is 159 cm³/mol. The Balaban J connectivity index is 1.57. The first kappa shape index (κ1) is 30.8. The highest BCUT2D eigenvalue weighted by molar-refractivity contribution is 6.39. The van der Waals surface area contributed by atoms with E-state index in [9.17, 15) is 24.0 Å². The molecule has 0 radical (unpaired) electrons. The molecule has 0 bridgehead atoms. The first-order chi connectivity index (χ1) is 20.5. The minimum absolute atomic E-state index is 0.0618. The van der Waals surface area contributed by atoms with Gasteiger partial charge in [0.25, 0.3) is 17.7 Å². The highest BCUT2D eigenvalue weighted by Gasteiger charge is 2.37. The Kier molecular flexibility index (Phi) is 9.46. The number of amides is 5. The fourth-order valence-electron chi connectivity index (χ4n) is 4.15. The molecule has 222 valence electrons. The van der Waals surface area contributed by atoms with Gasteiger partial charge in [-0.05, 0) is 92.1 Å². The normalized spacial score (nSPS) is 13.9. The summed E-state index contributed by atoms with van der Waals surface area (Å²) in [6.45, 7) is 5.52. The Hall–Kier alpha value is -5.16. The first-order valence-electron chi connectivity index (χ1n) is 13.1. The summed E-state index contributed by atoms with van der Waals surface area (Å²) in [6.07, 6.45) is 1.25. The molecule has 2 N–H and O–H groups in total. The van der Waals surface area contributed by atoms with Crippen LogP contribution < -0.4 is 25.0 Å². The van der Waals surface area contributed by atoms with Gasteiger partial charge >= 0.3 is 12.0 Å². The Morgan fingerprint density at radius 3 is 2.35 bits per heavy atom. The number of methoxy groups -OCH3 is 1. The lowest BCUT2D eigenvalue weighted by Gasteiger charge is -2.26. The molecule has 1 heterocycles. The van der Waals surface area contributed by atoms with Crippen molar-refractivity contribution in [3.8, 4) is 11.5 Å². The third kappa shape index (κ3) is 7.02. The van der Waals surface area contributed by atoms with E-state index in [0.29, 0.717) is 11.3 Å². The van der Waals surface area contributed by atoms with Gasteiger partial charge in [-0.15, -0.1) is 0 Å². The van der Waals surface area contributed by atoms with Gasteiger partial charge in [-0.25, -0.2) is 14.5 Å². The fraction of sp³-hybridized carbons (Fsp3) is 0.194. The van der Waals surface area contributed by atoms with Crippen LogP contribution in [0.1, 0.15) is 34.0 Å². The highest BCUT2D eigenvalue weighted by Crippen LogP contribution is 2.37. The molecule has 0 aromatic heterocycles. The van der Waals surface area contributed by atoms with Crippen molar-refractivity contribution in [3.05, 3.63) is 87.4 Å². The molecular weight excluding hydrogens is 578 g/mol. The van der Waals surface area contributed by atoms with Gasteiger partial charge in [0.05, 0.1) is 30.0 Å². The molecule has 11 nitrogen and oxygen atoms in total. The van der Waals surface area contributed by atoms with Crippen molar-refractivity contribution in [2.75, 3.05) is 30.5 Å². The van der Waals surface area contributed by atoms with Crippen LogP contribution >= 0.6 is 11.6 Å². The summed E-state index contributed by atoms with van der Waals surface area (Å²) < 4.78 is 16.0. The van der Waals surface area contributed by atoms with E-state index in [0.717, 1.165) is 16.0 Å². The Morgan fingerprint density at radius 1 is 0.977 bits per heavy atom. The number of carbonyl (C=O) groups excluding carboxylic acids is 5. The molecular formula is C31H28ClN3O8. The largest absolute Gasteiger partial charge is 0.490 e. The Bertz CT molecular complexity index is 1650.